The summed E-state index contributed by atoms with van der Waals surface area (Å²) in [4.78, 5) is 0. The molecule has 0 aliphatic heterocycles. The van der Waals surface area contributed by atoms with Crippen molar-refractivity contribution in [3.05, 3.63) is 24.2 Å². The molecule has 1 aromatic rings. The number of hydrogen-bond donors (Lipinski definition) is 1. The van der Waals surface area contributed by atoms with Crippen LogP contribution in [0.1, 0.15) is 31.4 Å². The lowest BCUT2D eigenvalue weighted by Gasteiger charge is -2.35. The highest BCUT2D eigenvalue weighted by molar-refractivity contribution is 7.99. The molecule has 0 spiro atoms. The third kappa shape index (κ3) is 3.05. The average molecular weight is 250 g/mol. The van der Waals surface area contributed by atoms with Gasteiger partial charge in [-0.25, -0.2) is 0 Å². The fraction of sp³-hybridized carbons (Fsp3) is 0.615. The second kappa shape index (κ2) is 5.61. The van der Waals surface area contributed by atoms with Crippen LogP contribution in [0.5, 0.6) is 0 Å². The van der Waals surface area contributed by atoms with E-state index in [9.17, 15) is 5.26 Å². The molecule has 1 N–H and O–H groups in total. The minimum absolute atomic E-state index is 0.306. The molecule has 1 saturated carbocycles. The maximum absolute atomic E-state index is 9.27. The molecule has 17 heavy (non-hydrogen) atoms. The third-order valence-electron chi connectivity index (χ3n) is 3.44. The van der Waals surface area contributed by atoms with Crippen LogP contribution in [0, 0.1) is 11.3 Å². The van der Waals surface area contributed by atoms with Gasteiger partial charge in [0, 0.05) is 5.25 Å². The summed E-state index contributed by atoms with van der Waals surface area (Å²) in [5.41, 5.74) is -0.306. The summed E-state index contributed by atoms with van der Waals surface area (Å²) in [6, 6.07) is 6.37. The van der Waals surface area contributed by atoms with Crippen LogP contribution in [0.2, 0.25) is 0 Å². The minimum Gasteiger partial charge on any atom is -0.468 e. The number of nitriles is 1. The molecule has 4 heteroatoms. The monoisotopic (exact) mass is 250 g/mol. The van der Waals surface area contributed by atoms with Crippen molar-refractivity contribution >= 4 is 11.8 Å². The SMILES string of the molecule is CNC1(C#N)CCCC(SCc2ccco2)C1. The zero-order valence-corrected chi connectivity index (χ0v) is 10.9. The highest BCUT2D eigenvalue weighted by atomic mass is 32.2. The molecule has 1 heterocycles. The Bertz CT molecular complexity index is 385. The summed E-state index contributed by atoms with van der Waals surface area (Å²) in [5.74, 6) is 1.93. The zero-order valence-electron chi connectivity index (χ0n) is 10.1. The molecule has 3 nitrogen and oxygen atoms in total. The first-order valence-corrected chi connectivity index (χ1v) is 7.07. The molecule has 0 radical (unpaired) electrons. The van der Waals surface area contributed by atoms with Crippen molar-refractivity contribution in [2.75, 3.05) is 7.05 Å². The minimum atomic E-state index is -0.306. The molecule has 1 aromatic heterocycles. The van der Waals surface area contributed by atoms with E-state index >= 15 is 0 Å². The predicted molar refractivity (Wildman–Crippen MR) is 69.7 cm³/mol. The molecule has 2 rings (SSSR count). The van der Waals surface area contributed by atoms with Crippen molar-refractivity contribution in [1.29, 1.82) is 5.26 Å². The lowest BCUT2D eigenvalue weighted by Crippen LogP contribution is -2.46. The molecule has 2 unspecified atom stereocenters. The number of nitrogens with zero attached hydrogens (tertiary/aromatic N) is 1. The van der Waals surface area contributed by atoms with E-state index < -0.39 is 0 Å². The van der Waals surface area contributed by atoms with Crippen LogP contribution in [0.25, 0.3) is 0 Å². The van der Waals surface area contributed by atoms with Crippen LogP contribution in [-0.2, 0) is 5.75 Å². The Morgan fingerprint density at radius 2 is 2.59 bits per heavy atom. The van der Waals surface area contributed by atoms with E-state index in [1.54, 1.807) is 6.26 Å². The molecule has 0 saturated heterocycles. The van der Waals surface area contributed by atoms with E-state index in [-0.39, 0.29) is 5.54 Å². The van der Waals surface area contributed by atoms with Gasteiger partial charge in [-0.1, -0.05) is 0 Å². The van der Waals surface area contributed by atoms with Gasteiger partial charge in [-0.2, -0.15) is 17.0 Å². The first-order chi connectivity index (χ1) is 8.28. The quantitative estimate of drug-likeness (QED) is 0.892. The molecule has 1 aliphatic rings. The summed E-state index contributed by atoms with van der Waals surface area (Å²) in [6.07, 6.45) is 5.95. The van der Waals surface area contributed by atoms with E-state index in [0.29, 0.717) is 5.25 Å². The van der Waals surface area contributed by atoms with Crippen LogP contribution >= 0.6 is 11.8 Å². The van der Waals surface area contributed by atoms with Crippen molar-refractivity contribution in [2.45, 2.75) is 42.2 Å². The molecule has 2 atom stereocenters. The van der Waals surface area contributed by atoms with Gasteiger partial charge in [0.25, 0.3) is 0 Å². The Morgan fingerprint density at radius 3 is 3.24 bits per heavy atom. The Morgan fingerprint density at radius 1 is 1.71 bits per heavy atom. The van der Waals surface area contributed by atoms with Crippen molar-refractivity contribution in [3.8, 4) is 6.07 Å². The Kier molecular flexibility index (Phi) is 4.14. The normalized spacial score (nSPS) is 28.8. The molecule has 92 valence electrons. The van der Waals surface area contributed by atoms with Crippen molar-refractivity contribution in [3.63, 3.8) is 0 Å². The van der Waals surface area contributed by atoms with Gasteiger partial charge in [-0.05, 0) is 44.9 Å². The van der Waals surface area contributed by atoms with Gasteiger partial charge in [-0.15, -0.1) is 0 Å². The maximum atomic E-state index is 9.27. The summed E-state index contributed by atoms with van der Waals surface area (Å²) in [6.45, 7) is 0. The second-order valence-electron chi connectivity index (χ2n) is 4.55. The fourth-order valence-corrected chi connectivity index (χ4v) is 3.65. The Labute approximate surface area is 107 Å². The van der Waals surface area contributed by atoms with Gasteiger partial charge in [0.15, 0.2) is 0 Å². The highest BCUT2D eigenvalue weighted by Crippen LogP contribution is 2.35. The first-order valence-electron chi connectivity index (χ1n) is 6.02. The molecule has 1 aliphatic carbocycles. The summed E-state index contributed by atoms with van der Waals surface area (Å²) >= 11 is 1.90. The van der Waals surface area contributed by atoms with E-state index in [2.05, 4.69) is 11.4 Å². The van der Waals surface area contributed by atoms with Crippen molar-refractivity contribution in [2.24, 2.45) is 0 Å². The van der Waals surface area contributed by atoms with Gasteiger partial charge < -0.3 is 9.73 Å². The van der Waals surface area contributed by atoms with E-state index in [1.807, 2.05) is 30.9 Å². The summed E-state index contributed by atoms with van der Waals surface area (Å²) in [7, 11) is 1.89. The molecule has 0 aromatic carbocycles. The zero-order chi connectivity index (χ0) is 12.1. The number of furan rings is 1. The van der Waals surface area contributed by atoms with Gasteiger partial charge in [-0.3, -0.25) is 0 Å². The lowest BCUT2D eigenvalue weighted by atomic mass is 9.83. The number of thioether (sulfide) groups is 1. The first kappa shape index (κ1) is 12.5. The second-order valence-corrected chi connectivity index (χ2v) is 5.84. The summed E-state index contributed by atoms with van der Waals surface area (Å²) in [5, 5.41) is 13.0. The molecule has 0 amide bonds. The predicted octanol–water partition coefficient (Wildman–Crippen LogP) is 2.94. The Hall–Kier alpha value is -0.920. The van der Waals surface area contributed by atoms with Gasteiger partial charge in [0.1, 0.15) is 11.3 Å². The lowest BCUT2D eigenvalue weighted by molar-refractivity contribution is 0.323. The van der Waals surface area contributed by atoms with Crippen molar-refractivity contribution < 1.29 is 4.42 Å². The van der Waals surface area contributed by atoms with Gasteiger partial charge >= 0.3 is 0 Å². The van der Waals surface area contributed by atoms with Crippen LogP contribution in [-0.4, -0.2) is 17.8 Å². The number of nitrogens with one attached hydrogen (secondary N) is 1. The maximum Gasteiger partial charge on any atom is 0.113 e. The topological polar surface area (TPSA) is 49.0 Å². The number of rotatable bonds is 4. The Balaban J connectivity index is 1.88. The summed E-state index contributed by atoms with van der Waals surface area (Å²) < 4.78 is 5.33. The standard InChI is InChI=1S/C13H18N2OS/c1-15-13(10-14)6-2-5-12(8-13)17-9-11-4-3-7-16-11/h3-4,7,12,15H,2,5-6,8-9H2,1H3. The van der Waals surface area contributed by atoms with Crippen molar-refractivity contribution in [1.82, 2.24) is 5.32 Å². The fourth-order valence-electron chi connectivity index (χ4n) is 2.35. The average Bonchev–Trinajstić information content (AvgIpc) is 2.90. The smallest absolute Gasteiger partial charge is 0.113 e. The van der Waals surface area contributed by atoms with Crippen LogP contribution in [0.15, 0.2) is 22.8 Å². The van der Waals surface area contributed by atoms with Crippen LogP contribution in [0.3, 0.4) is 0 Å². The molecular formula is C13H18N2OS. The molecule has 1 fully saturated rings. The molecular weight excluding hydrogens is 232 g/mol. The van der Waals surface area contributed by atoms with E-state index in [4.69, 9.17) is 4.42 Å². The van der Waals surface area contributed by atoms with Gasteiger partial charge in [0.05, 0.1) is 18.1 Å². The third-order valence-corrected chi connectivity index (χ3v) is 4.76. The van der Waals surface area contributed by atoms with Crippen LogP contribution < -0.4 is 5.32 Å². The largest absolute Gasteiger partial charge is 0.468 e. The van der Waals surface area contributed by atoms with Crippen LogP contribution in [0.4, 0.5) is 0 Å². The van der Waals surface area contributed by atoms with Gasteiger partial charge in [0.2, 0.25) is 0 Å². The highest BCUT2D eigenvalue weighted by Gasteiger charge is 2.35. The number of hydrogen-bond acceptors (Lipinski definition) is 4. The van der Waals surface area contributed by atoms with E-state index in [0.717, 1.165) is 30.8 Å². The van der Waals surface area contributed by atoms with E-state index in [1.165, 1.54) is 6.42 Å². The molecule has 0 bridgehead atoms.